The summed E-state index contributed by atoms with van der Waals surface area (Å²) in [6.45, 7) is 2.22. The van der Waals surface area contributed by atoms with Crippen molar-refractivity contribution in [2.45, 2.75) is 38.9 Å². The number of hydrogen-bond acceptors (Lipinski definition) is 10. The van der Waals surface area contributed by atoms with Gasteiger partial charge in [-0.15, -0.1) is 0 Å². The lowest BCUT2D eigenvalue weighted by atomic mass is 10.2. The molecular formula is C14H18O10. The molecule has 0 spiro atoms. The van der Waals surface area contributed by atoms with Gasteiger partial charge in [0, 0.05) is 0 Å². The van der Waals surface area contributed by atoms with Crippen LogP contribution in [-0.2, 0) is 47.7 Å². The molecule has 0 fully saturated rings. The SMILES string of the molecule is COC(=O)[C@@H](OC(=O)CC(C)=O)[C@H](OC(=O)CC(C)=O)C(=O)OC. The highest BCUT2D eigenvalue weighted by atomic mass is 16.6. The molecule has 0 heterocycles. The van der Waals surface area contributed by atoms with Gasteiger partial charge in [0.15, 0.2) is 0 Å². The van der Waals surface area contributed by atoms with Crippen molar-refractivity contribution in [2.75, 3.05) is 14.2 Å². The van der Waals surface area contributed by atoms with Gasteiger partial charge in [0.1, 0.15) is 24.4 Å². The van der Waals surface area contributed by atoms with Crippen LogP contribution < -0.4 is 0 Å². The Morgan fingerprint density at radius 3 is 1.17 bits per heavy atom. The maximum Gasteiger partial charge on any atom is 0.351 e. The van der Waals surface area contributed by atoms with Crippen molar-refractivity contribution in [1.82, 2.24) is 0 Å². The van der Waals surface area contributed by atoms with Crippen LogP contribution in [0.4, 0.5) is 0 Å². The van der Waals surface area contributed by atoms with Gasteiger partial charge in [-0.1, -0.05) is 0 Å². The normalized spacial score (nSPS) is 12.3. The van der Waals surface area contributed by atoms with Crippen molar-refractivity contribution in [1.29, 1.82) is 0 Å². The average molecular weight is 346 g/mol. The third-order valence-electron chi connectivity index (χ3n) is 2.45. The van der Waals surface area contributed by atoms with Crippen LogP contribution in [0, 0.1) is 0 Å². The minimum Gasteiger partial charge on any atom is -0.466 e. The summed E-state index contributed by atoms with van der Waals surface area (Å²) in [5, 5.41) is 0. The quantitative estimate of drug-likeness (QED) is 0.293. The number of rotatable bonds is 9. The molecule has 0 aliphatic heterocycles. The fraction of sp³-hybridized carbons (Fsp3) is 0.571. The van der Waals surface area contributed by atoms with E-state index < -0.39 is 60.5 Å². The summed E-state index contributed by atoms with van der Waals surface area (Å²) in [7, 11) is 1.89. The minimum absolute atomic E-state index is 0.549. The second-order valence-electron chi connectivity index (χ2n) is 4.62. The summed E-state index contributed by atoms with van der Waals surface area (Å²) in [5.41, 5.74) is 0. The van der Waals surface area contributed by atoms with Crippen molar-refractivity contribution < 1.29 is 47.7 Å². The van der Waals surface area contributed by atoms with Gasteiger partial charge in [-0.25, -0.2) is 9.59 Å². The van der Waals surface area contributed by atoms with Gasteiger partial charge in [-0.3, -0.25) is 19.2 Å². The zero-order chi connectivity index (χ0) is 18.9. The highest BCUT2D eigenvalue weighted by Gasteiger charge is 2.42. The van der Waals surface area contributed by atoms with Gasteiger partial charge in [-0.05, 0) is 13.8 Å². The molecule has 0 aromatic heterocycles. The number of ether oxygens (including phenoxy) is 4. The molecule has 0 aromatic carbocycles. The third-order valence-corrected chi connectivity index (χ3v) is 2.45. The molecule has 0 amide bonds. The molecule has 0 rings (SSSR count). The fourth-order valence-corrected chi connectivity index (χ4v) is 1.47. The monoisotopic (exact) mass is 346 g/mol. The van der Waals surface area contributed by atoms with E-state index in [0.29, 0.717) is 0 Å². The summed E-state index contributed by atoms with van der Waals surface area (Å²) in [6.07, 6.45) is -5.29. The number of esters is 4. The van der Waals surface area contributed by atoms with E-state index in [0.717, 1.165) is 28.1 Å². The topological polar surface area (TPSA) is 139 Å². The van der Waals surface area contributed by atoms with E-state index in [1.165, 1.54) is 0 Å². The highest BCUT2D eigenvalue weighted by molar-refractivity contribution is 5.97. The zero-order valence-corrected chi connectivity index (χ0v) is 13.7. The highest BCUT2D eigenvalue weighted by Crippen LogP contribution is 2.12. The molecule has 0 aliphatic carbocycles. The van der Waals surface area contributed by atoms with Gasteiger partial charge >= 0.3 is 23.9 Å². The number of carbonyl (C=O) groups excluding carboxylic acids is 6. The second kappa shape index (κ2) is 10.1. The molecule has 24 heavy (non-hydrogen) atoms. The van der Waals surface area contributed by atoms with E-state index in [1.54, 1.807) is 0 Å². The number of Topliss-reactive ketones (excluding diaryl/α,β-unsaturated/α-hetero) is 2. The largest absolute Gasteiger partial charge is 0.466 e. The maximum atomic E-state index is 11.7. The predicted octanol–water partition coefficient (Wildman–Crippen LogP) is -0.886. The van der Waals surface area contributed by atoms with Crippen LogP contribution in [-0.4, -0.2) is 61.9 Å². The lowest BCUT2D eigenvalue weighted by molar-refractivity contribution is -0.190. The Bertz CT molecular complexity index is 488. The van der Waals surface area contributed by atoms with Gasteiger partial charge < -0.3 is 18.9 Å². The van der Waals surface area contributed by atoms with Gasteiger partial charge in [-0.2, -0.15) is 0 Å². The summed E-state index contributed by atoms with van der Waals surface area (Å²) in [4.78, 5) is 68.4. The minimum atomic E-state index is -1.98. The third kappa shape index (κ3) is 7.47. The zero-order valence-electron chi connectivity index (χ0n) is 13.7. The smallest absolute Gasteiger partial charge is 0.351 e. The van der Waals surface area contributed by atoms with E-state index in [-0.39, 0.29) is 0 Å². The number of ketones is 2. The molecule has 0 aromatic rings. The molecular weight excluding hydrogens is 328 g/mol. The van der Waals surface area contributed by atoms with Crippen molar-refractivity contribution >= 4 is 35.4 Å². The Balaban J connectivity index is 5.41. The van der Waals surface area contributed by atoms with Crippen molar-refractivity contribution in [3.8, 4) is 0 Å². The van der Waals surface area contributed by atoms with Gasteiger partial charge in [0.05, 0.1) is 14.2 Å². The first-order chi connectivity index (χ1) is 11.1. The van der Waals surface area contributed by atoms with Crippen LogP contribution in [0.2, 0.25) is 0 Å². The van der Waals surface area contributed by atoms with Gasteiger partial charge in [0.25, 0.3) is 0 Å². The Kier molecular flexibility index (Phi) is 8.91. The molecule has 0 saturated carbocycles. The number of methoxy groups -OCH3 is 2. The molecule has 10 nitrogen and oxygen atoms in total. The molecule has 10 heteroatoms. The van der Waals surface area contributed by atoms with Crippen molar-refractivity contribution in [3.05, 3.63) is 0 Å². The molecule has 0 bridgehead atoms. The van der Waals surface area contributed by atoms with Crippen LogP contribution in [0.15, 0.2) is 0 Å². The Labute approximate surface area is 137 Å². The second-order valence-corrected chi connectivity index (χ2v) is 4.62. The van der Waals surface area contributed by atoms with Crippen LogP contribution in [0.3, 0.4) is 0 Å². The average Bonchev–Trinajstić information content (AvgIpc) is 2.47. The van der Waals surface area contributed by atoms with Crippen LogP contribution in [0.5, 0.6) is 0 Å². The predicted molar refractivity (Wildman–Crippen MR) is 74.4 cm³/mol. The first-order valence-corrected chi connectivity index (χ1v) is 6.65. The van der Waals surface area contributed by atoms with Crippen molar-refractivity contribution in [2.24, 2.45) is 0 Å². The molecule has 0 saturated heterocycles. The summed E-state index contributed by atoms with van der Waals surface area (Å²) in [6, 6.07) is 0. The number of hydrogen-bond donors (Lipinski definition) is 0. The van der Waals surface area contributed by atoms with Crippen LogP contribution in [0.1, 0.15) is 26.7 Å². The Morgan fingerprint density at radius 2 is 0.958 bits per heavy atom. The standard InChI is InChI=1S/C14H18O10/c1-7(15)5-9(17)23-11(13(19)21-3)12(14(20)22-4)24-10(18)6-8(2)16/h11-12H,5-6H2,1-4H3/t11-,12-/m0/s1. The molecule has 0 unspecified atom stereocenters. The molecule has 0 aliphatic rings. The maximum absolute atomic E-state index is 11.7. The van der Waals surface area contributed by atoms with E-state index >= 15 is 0 Å². The molecule has 0 N–H and O–H groups in total. The van der Waals surface area contributed by atoms with Crippen LogP contribution >= 0.6 is 0 Å². The summed E-state index contributed by atoms with van der Waals surface area (Å²) in [5.74, 6) is -5.78. The first kappa shape index (κ1) is 21.2. The summed E-state index contributed by atoms with van der Waals surface area (Å²) < 4.78 is 18.2. The van der Waals surface area contributed by atoms with E-state index in [1.807, 2.05) is 0 Å². The Morgan fingerprint density at radius 1 is 0.667 bits per heavy atom. The lowest BCUT2D eigenvalue weighted by Crippen LogP contribution is -2.47. The van der Waals surface area contributed by atoms with E-state index in [4.69, 9.17) is 9.47 Å². The molecule has 0 radical (unpaired) electrons. The fourth-order valence-electron chi connectivity index (χ4n) is 1.47. The summed E-state index contributed by atoms with van der Waals surface area (Å²) >= 11 is 0. The van der Waals surface area contributed by atoms with E-state index in [9.17, 15) is 28.8 Å². The first-order valence-electron chi connectivity index (χ1n) is 6.65. The van der Waals surface area contributed by atoms with Crippen LogP contribution in [0.25, 0.3) is 0 Å². The lowest BCUT2D eigenvalue weighted by Gasteiger charge is -2.23. The van der Waals surface area contributed by atoms with Gasteiger partial charge in [0.2, 0.25) is 12.2 Å². The molecule has 134 valence electrons. The van der Waals surface area contributed by atoms with E-state index in [2.05, 4.69) is 9.47 Å². The Hall–Kier alpha value is -2.78. The van der Waals surface area contributed by atoms with Crippen molar-refractivity contribution in [3.63, 3.8) is 0 Å². The number of carbonyl (C=O) groups is 6. The molecule has 2 atom stereocenters.